The van der Waals surface area contributed by atoms with Crippen LogP contribution in [0.15, 0.2) is 51.0 Å². The standard InChI is InChI=1S/C17H18BrNO2S/c1-2-3-8-19-13-10-12(18)6-7-16(13)22-17(19)11-14(20)15-5-4-9-21-15/h4,6-7,9-11,15H,2-3,5,8H2,1H3/b17-11-. The summed E-state index contributed by atoms with van der Waals surface area (Å²) in [5, 5.41) is 1.00. The summed E-state index contributed by atoms with van der Waals surface area (Å²) in [7, 11) is 0. The zero-order valence-electron chi connectivity index (χ0n) is 12.4. The van der Waals surface area contributed by atoms with Gasteiger partial charge in [0.2, 0.25) is 0 Å². The number of fused-ring (bicyclic) bond motifs is 1. The second kappa shape index (κ2) is 6.92. The number of anilines is 1. The maximum Gasteiger partial charge on any atom is 0.199 e. The van der Waals surface area contributed by atoms with Crippen molar-refractivity contribution in [3.8, 4) is 0 Å². The third-order valence-corrected chi connectivity index (χ3v) is 5.31. The van der Waals surface area contributed by atoms with Gasteiger partial charge in [0.05, 0.1) is 17.0 Å². The number of carbonyl (C=O) groups excluding carboxylic acids is 1. The summed E-state index contributed by atoms with van der Waals surface area (Å²) in [4.78, 5) is 15.8. The van der Waals surface area contributed by atoms with Crippen LogP contribution in [-0.4, -0.2) is 18.4 Å². The van der Waals surface area contributed by atoms with Crippen LogP contribution in [0.25, 0.3) is 0 Å². The van der Waals surface area contributed by atoms with Crippen LogP contribution in [0.1, 0.15) is 26.2 Å². The van der Waals surface area contributed by atoms with Crippen LogP contribution in [0.4, 0.5) is 5.69 Å². The van der Waals surface area contributed by atoms with E-state index in [4.69, 9.17) is 4.74 Å². The Balaban J connectivity index is 1.85. The van der Waals surface area contributed by atoms with Gasteiger partial charge in [-0.25, -0.2) is 0 Å². The number of ether oxygens (including phenoxy) is 1. The highest BCUT2D eigenvalue weighted by molar-refractivity contribution is 9.10. The molecule has 3 nitrogen and oxygen atoms in total. The van der Waals surface area contributed by atoms with Gasteiger partial charge in [0.15, 0.2) is 11.9 Å². The molecule has 3 rings (SSSR count). The van der Waals surface area contributed by atoms with Crippen LogP contribution in [0, 0.1) is 0 Å². The summed E-state index contributed by atoms with van der Waals surface area (Å²) >= 11 is 5.19. The van der Waals surface area contributed by atoms with Crippen LogP contribution >= 0.6 is 27.7 Å². The van der Waals surface area contributed by atoms with E-state index in [1.807, 2.05) is 12.1 Å². The van der Waals surface area contributed by atoms with Gasteiger partial charge >= 0.3 is 0 Å². The molecule has 22 heavy (non-hydrogen) atoms. The molecule has 1 unspecified atom stereocenters. The molecule has 0 fully saturated rings. The van der Waals surface area contributed by atoms with E-state index >= 15 is 0 Å². The number of unbranched alkanes of at least 4 members (excludes halogenated alkanes) is 1. The molecule has 0 spiro atoms. The SMILES string of the molecule is CCCCN1/C(=C/C(=O)C2CC=CO2)Sc2ccc(Br)cc21. The molecule has 2 aliphatic rings. The number of ketones is 1. The second-order valence-corrected chi connectivity index (χ2v) is 7.31. The third kappa shape index (κ3) is 3.25. The van der Waals surface area contributed by atoms with Gasteiger partial charge in [-0.05, 0) is 30.7 Å². The molecule has 1 aromatic rings. The van der Waals surface area contributed by atoms with E-state index in [2.05, 4.69) is 39.9 Å². The van der Waals surface area contributed by atoms with Crippen molar-refractivity contribution in [2.45, 2.75) is 37.2 Å². The molecular weight excluding hydrogens is 362 g/mol. The van der Waals surface area contributed by atoms with Gasteiger partial charge in [-0.3, -0.25) is 4.79 Å². The zero-order valence-corrected chi connectivity index (χ0v) is 14.8. The van der Waals surface area contributed by atoms with E-state index in [0.717, 1.165) is 28.9 Å². The summed E-state index contributed by atoms with van der Waals surface area (Å²) in [5.41, 5.74) is 1.18. The quantitative estimate of drug-likeness (QED) is 0.682. The fourth-order valence-electron chi connectivity index (χ4n) is 2.51. The minimum absolute atomic E-state index is 0.0425. The number of carbonyl (C=O) groups is 1. The van der Waals surface area contributed by atoms with Crippen LogP contribution in [0.5, 0.6) is 0 Å². The average molecular weight is 380 g/mol. The molecule has 2 aliphatic heterocycles. The molecule has 1 atom stereocenters. The van der Waals surface area contributed by atoms with Crippen molar-refractivity contribution in [2.24, 2.45) is 0 Å². The van der Waals surface area contributed by atoms with Gasteiger partial charge in [-0.1, -0.05) is 41.0 Å². The molecule has 0 aliphatic carbocycles. The molecule has 5 heteroatoms. The van der Waals surface area contributed by atoms with Gasteiger partial charge in [0.1, 0.15) is 0 Å². The van der Waals surface area contributed by atoms with Crippen molar-refractivity contribution < 1.29 is 9.53 Å². The highest BCUT2D eigenvalue weighted by Crippen LogP contribution is 2.47. The number of hydrogen-bond donors (Lipinski definition) is 0. The Bertz CT molecular complexity index is 634. The number of rotatable bonds is 5. The molecule has 1 aromatic carbocycles. The van der Waals surface area contributed by atoms with Crippen molar-refractivity contribution in [2.75, 3.05) is 11.4 Å². The molecule has 0 aromatic heterocycles. The van der Waals surface area contributed by atoms with Crippen LogP contribution in [0.2, 0.25) is 0 Å². The molecule has 116 valence electrons. The predicted octanol–water partition coefficient (Wildman–Crippen LogP) is 4.87. The fourth-order valence-corrected chi connectivity index (χ4v) is 3.97. The van der Waals surface area contributed by atoms with E-state index in [-0.39, 0.29) is 11.9 Å². The molecule has 0 saturated heterocycles. The molecule has 0 N–H and O–H groups in total. The second-order valence-electron chi connectivity index (χ2n) is 5.34. The van der Waals surface area contributed by atoms with E-state index in [9.17, 15) is 4.79 Å². The summed E-state index contributed by atoms with van der Waals surface area (Å²) < 4.78 is 6.39. The first-order chi connectivity index (χ1) is 10.7. The normalized spacial score (nSPS) is 21.3. The maximum atomic E-state index is 12.3. The van der Waals surface area contributed by atoms with E-state index in [0.29, 0.717) is 6.42 Å². The Labute approximate surface area is 143 Å². The van der Waals surface area contributed by atoms with Crippen LogP contribution in [0.3, 0.4) is 0 Å². The van der Waals surface area contributed by atoms with Crippen molar-refractivity contribution in [1.82, 2.24) is 0 Å². The highest BCUT2D eigenvalue weighted by atomic mass is 79.9. The number of halogens is 1. The summed E-state index contributed by atoms with van der Waals surface area (Å²) in [5.74, 6) is 0.0425. The van der Waals surface area contributed by atoms with E-state index in [1.165, 1.54) is 10.6 Å². The first-order valence-electron chi connectivity index (χ1n) is 7.50. The van der Waals surface area contributed by atoms with Crippen LogP contribution in [-0.2, 0) is 9.53 Å². The molecule has 0 bridgehead atoms. The minimum atomic E-state index is -0.350. The zero-order chi connectivity index (χ0) is 15.5. The number of nitrogens with zero attached hydrogens (tertiary/aromatic N) is 1. The highest BCUT2D eigenvalue weighted by Gasteiger charge is 2.27. The fraction of sp³-hybridized carbons (Fsp3) is 0.353. The number of thioether (sulfide) groups is 1. The molecule has 2 heterocycles. The van der Waals surface area contributed by atoms with Gasteiger partial charge in [0.25, 0.3) is 0 Å². The van der Waals surface area contributed by atoms with Crippen LogP contribution < -0.4 is 4.90 Å². The molecule has 0 saturated carbocycles. The largest absolute Gasteiger partial charge is 0.490 e. The summed E-state index contributed by atoms with van der Waals surface area (Å²) in [6.45, 7) is 3.10. The van der Waals surface area contributed by atoms with E-state index < -0.39 is 0 Å². The Kier molecular flexibility index (Phi) is 4.93. The lowest BCUT2D eigenvalue weighted by molar-refractivity contribution is -0.121. The first kappa shape index (κ1) is 15.7. The Morgan fingerprint density at radius 3 is 3.14 bits per heavy atom. The van der Waals surface area contributed by atoms with Crippen molar-refractivity contribution in [3.63, 3.8) is 0 Å². The molecule has 0 radical (unpaired) electrons. The smallest absolute Gasteiger partial charge is 0.199 e. The van der Waals surface area contributed by atoms with Gasteiger partial charge < -0.3 is 9.64 Å². The van der Waals surface area contributed by atoms with Gasteiger partial charge in [-0.2, -0.15) is 0 Å². The lowest BCUT2D eigenvalue weighted by Crippen LogP contribution is -2.22. The maximum absolute atomic E-state index is 12.3. The topological polar surface area (TPSA) is 29.5 Å². The third-order valence-electron chi connectivity index (χ3n) is 3.70. The summed E-state index contributed by atoms with van der Waals surface area (Å²) in [6.07, 6.45) is 7.79. The summed E-state index contributed by atoms with van der Waals surface area (Å²) in [6, 6.07) is 6.26. The molecule has 0 amide bonds. The Hall–Kier alpha value is -1.20. The lowest BCUT2D eigenvalue weighted by Gasteiger charge is -2.20. The number of hydrogen-bond acceptors (Lipinski definition) is 4. The van der Waals surface area contributed by atoms with Crippen molar-refractivity contribution in [3.05, 3.63) is 46.1 Å². The lowest BCUT2D eigenvalue weighted by atomic mass is 10.2. The van der Waals surface area contributed by atoms with Gasteiger partial charge in [0, 0.05) is 28.4 Å². The molecular formula is C17H18BrNO2S. The van der Waals surface area contributed by atoms with Crippen molar-refractivity contribution in [1.29, 1.82) is 0 Å². The minimum Gasteiger partial charge on any atom is -0.490 e. The monoisotopic (exact) mass is 379 g/mol. The average Bonchev–Trinajstić information content (AvgIpc) is 3.13. The van der Waals surface area contributed by atoms with Crippen molar-refractivity contribution >= 4 is 39.2 Å². The van der Waals surface area contributed by atoms with Gasteiger partial charge in [-0.15, -0.1) is 0 Å². The number of benzene rings is 1. The first-order valence-corrected chi connectivity index (χ1v) is 9.11. The Morgan fingerprint density at radius 2 is 2.41 bits per heavy atom. The van der Waals surface area contributed by atoms with E-state index in [1.54, 1.807) is 24.1 Å². The predicted molar refractivity (Wildman–Crippen MR) is 94.0 cm³/mol. The Morgan fingerprint density at radius 1 is 1.55 bits per heavy atom.